The summed E-state index contributed by atoms with van der Waals surface area (Å²) >= 11 is 3.38. The average molecular weight is 341 g/mol. The standard InChI is InChI=1S/C14H21BrN4O/c1-9-7-16-5-4-12(9)18-14(20)11-6-10(15)8-17-13(11)19(2)3/h6,8-9,12,16H,4-5,7H2,1-3H3,(H,18,20). The van der Waals surface area contributed by atoms with Crippen LogP contribution in [0.3, 0.4) is 0 Å². The van der Waals surface area contributed by atoms with Crippen molar-refractivity contribution in [2.75, 3.05) is 32.1 Å². The Morgan fingerprint density at radius 2 is 2.30 bits per heavy atom. The first-order valence-electron chi connectivity index (χ1n) is 6.83. The maximum Gasteiger partial charge on any atom is 0.255 e. The molecule has 2 N–H and O–H groups in total. The zero-order valence-electron chi connectivity index (χ0n) is 12.1. The molecule has 0 bridgehead atoms. The molecule has 1 aromatic rings. The summed E-state index contributed by atoms with van der Waals surface area (Å²) in [6.07, 6.45) is 2.67. The van der Waals surface area contributed by atoms with E-state index in [1.165, 1.54) is 0 Å². The van der Waals surface area contributed by atoms with Gasteiger partial charge >= 0.3 is 0 Å². The van der Waals surface area contributed by atoms with E-state index in [1.807, 2.05) is 25.1 Å². The molecular weight excluding hydrogens is 320 g/mol. The SMILES string of the molecule is CC1CNCCC1NC(=O)c1cc(Br)cnc1N(C)C. The van der Waals surface area contributed by atoms with Gasteiger partial charge in [0.1, 0.15) is 5.82 Å². The Morgan fingerprint density at radius 1 is 1.55 bits per heavy atom. The molecular formula is C14H21BrN4O. The molecule has 6 heteroatoms. The molecule has 1 amide bonds. The van der Waals surface area contributed by atoms with Gasteiger partial charge in [0, 0.05) is 30.8 Å². The van der Waals surface area contributed by atoms with Crippen molar-refractivity contribution < 1.29 is 4.79 Å². The number of nitrogens with zero attached hydrogens (tertiary/aromatic N) is 2. The predicted octanol–water partition coefficient (Wildman–Crippen LogP) is 1.64. The van der Waals surface area contributed by atoms with Crippen molar-refractivity contribution in [2.24, 2.45) is 5.92 Å². The Morgan fingerprint density at radius 3 is 2.95 bits per heavy atom. The Labute approximate surface area is 128 Å². The monoisotopic (exact) mass is 340 g/mol. The molecule has 2 unspecified atom stereocenters. The number of anilines is 1. The van der Waals surface area contributed by atoms with Crippen LogP contribution in [0.4, 0.5) is 5.82 Å². The fourth-order valence-corrected chi connectivity index (χ4v) is 2.76. The molecule has 0 aromatic carbocycles. The second kappa shape index (κ2) is 6.54. The van der Waals surface area contributed by atoms with E-state index in [-0.39, 0.29) is 11.9 Å². The Hall–Kier alpha value is -1.14. The van der Waals surface area contributed by atoms with Crippen LogP contribution < -0.4 is 15.5 Å². The van der Waals surface area contributed by atoms with E-state index in [9.17, 15) is 4.79 Å². The Balaban J connectivity index is 2.18. The highest BCUT2D eigenvalue weighted by molar-refractivity contribution is 9.10. The second-order valence-corrected chi connectivity index (χ2v) is 6.38. The van der Waals surface area contributed by atoms with Crippen molar-refractivity contribution >= 4 is 27.7 Å². The topological polar surface area (TPSA) is 57.3 Å². The lowest BCUT2D eigenvalue weighted by Gasteiger charge is -2.30. The lowest BCUT2D eigenvalue weighted by Crippen LogP contribution is -2.48. The molecule has 1 saturated heterocycles. The van der Waals surface area contributed by atoms with E-state index in [2.05, 4.69) is 38.5 Å². The molecule has 1 aliphatic rings. The lowest BCUT2D eigenvalue weighted by atomic mass is 9.95. The van der Waals surface area contributed by atoms with E-state index < -0.39 is 0 Å². The summed E-state index contributed by atoms with van der Waals surface area (Å²) in [5, 5.41) is 6.48. The molecule has 2 rings (SSSR count). The zero-order chi connectivity index (χ0) is 14.7. The molecule has 110 valence electrons. The van der Waals surface area contributed by atoms with Gasteiger partial charge in [-0.15, -0.1) is 0 Å². The quantitative estimate of drug-likeness (QED) is 0.878. The van der Waals surface area contributed by atoms with Gasteiger partial charge in [-0.3, -0.25) is 4.79 Å². The van der Waals surface area contributed by atoms with Crippen LogP contribution in [-0.4, -0.2) is 44.1 Å². The maximum absolute atomic E-state index is 12.5. The van der Waals surface area contributed by atoms with Gasteiger partial charge < -0.3 is 15.5 Å². The van der Waals surface area contributed by atoms with Gasteiger partial charge in [-0.05, 0) is 47.4 Å². The molecule has 0 saturated carbocycles. The number of amides is 1. The third-order valence-electron chi connectivity index (χ3n) is 3.60. The highest BCUT2D eigenvalue weighted by atomic mass is 79.9. The van der Waals surface area contributed by atoms with Gasteiger partial charge in [0.15, 0.2) is 0 Å². The highest BCUT2D eigenvalue weighted by Crippen LogP contribution is 2.21. The van der Waals surface area contributed by atoms with Crippen LogP contribution in [-0.2, 0) is 0 Å². The Bertz CT molecular complexity index is 492. The number of carbonyl (C=O) groups is 1. The third-order valence-corrected chi connectivity index (χ3v) is 4.04. The van der Waals surface area contributed by atoms with E-state index in [0.29, 0.717) is 17.3 Å². The van der Waals surface area contributed by atoms with Crippen LogP contribution >= 0.6 is 15.9 Å². The minimum absolute atomic E-state index is 0.0544. The van der Waals surface area contributed by atoms with E-state index in [0.717, 1.165) is 24.0 Å². The molecule has 2 heterocycles. The van der Waals surface area contributed by atoms with Crippen molar-refractivity contribution in [1.82, 2.24) is 15.6 Å². The zero-order valence-corrected chi connectivity index (χ0v) is 13.7. The third kappa shape index (κ3) is 3.49. The number of pyridine rings is 1. The van der Waals surface area contributed by atoms with Crippen molar-refractivity contribution in [1.29, 1.82) is 0 Å². The summed E-state index contributed by atoms with van der Waals surface area (Å²) in [5.41, 5.74) is 0.607. The van der Waals surface area contributed by atoms with Crippen LogP contribution in [0.15, 0.2) is 16.7 Å². The molecule has 1 aromatic heterocycles. The Kier molecular flexibility index (Phi) is 4.99. The molecule has 0 aliphatic carbocycles. The number of carbonyl (C=O) groups excluding carboxylic acids is 1. The van der Waals surface area contributed by atoms with Gasteiger partial charge in [0.2, 0.25) is 0 Å². The van der Waals surface area contributed by atoms with E-state index in [4.69, 9.17) is 0 Å². The van der Waals surface area contributed by atoms with Gasteiger partial charge in [0.25, 0.3) is 5.91 Å². The summed E-state index contributed by atoms with van der Waals surface area (Å²) < 4.78 is 0.812. The van der Waals surface area contributed by atoms with E-state index in [1.54, 1.807) is 6.20 Å². The first-order valence-corrected chi connectivity index (χ1v) is 7.62. The molecule has 20 heavy (non-hydrogen) atoms. The summed E-state index contributed by atoms with van der Waals surface area (Å²) in [5.74, 6) is 1.07. The number of nitrogens with one attached hydrogen (secondary N) is 2. The van der Waals surface area contributed by atoms with Crippen molar-refractivity contribution in [2.45, 2.75) is 19.4 Å². The molecule has 1 fully saturated rings. The number of aromatic nitrogens is 1. The molecule has 0 spiro atoms. The second-order valence-electron chi connectivity index (χ2n) is 5.47. The number of rotatable bonds is 3. The molecule has 0 radical (unpaired) electrons. The van der Waals surface area contributed by atoms with Crippen molar-refractivity contribution in [3.8, 4) is 0 Å². The van der Waals surface area contributed by atoms with Gasteiger partial charge in [-0.2, -0.15) is 0 Å². The summed E-state index contributed by atoms with van der Waals surface area (Å²) in [6, 6.07) is 2.04. The fourth-order valence-electron chi connectivity index (χ4n) is 2.43. The first-order chi connectivity index (χ1) is 9.49. The highest BCUT2D eigenvalue weighted by Gasteiger charge is 2.24. The number of piperidine rings is 1. The predicted molar refractivity (Wildman–Crippen MR) is 84.2 cm³/mol. The van der Waals surface area contributed by atoms with Crippen LogP contribution in [0.25, 0.3) is 0 Å². The van der Waals surface area contributed by atoms with Crippen LogP contribution in [0.5, 0.6) is 0 Å². The maximum atomic E-state index is 12.5. The van der Waals surface area contributed by atoms with Crippen molar-refractivity contribution in [3.63, 3.8) is 0 Å². The van der Waals surface area contributed by atoms with Crippen LogP contribution in [0.2, 0.25) is 0 Å². The minimum Gasteiger partial charge on any atom is -0.362 e. The number of halogens is 1. The normalized spacial score (nSPS) is 22.4. The summed E-state index contributed by atoms with van der Waals surface area (Å²) in [6.45, 7) is 4.05. The van der Waals surface area contributed by atoms with Gasteiger partial charge in [-0.25, -0.2) is 4.98 Å². The largest absolute Gasteiger partial charge is 0.362 e. The molecule has 1 aliphatic heterocycles. The number of hydrogen-bond acceptors (Lipinski definition) is 4. The van der Waals surface area contributed by atoms with E-state index >= 15 is 0 Å². The molecule has 2 atom stereocenters. The van der Waals surface area contributed by atoms with Crippen LogP contribution in [0.1, 0.15) is 23.7 Å². The fraction of sp³-hybridized carbons (Fsp3) is 0.571. The van der Waals surface area contributed by atoms with Gasteiger partial charge in [0.05, 0.1) is 5.56 Å². The summed E-state index contributed by atoms with van der Waals surface area (Å²) in [4.78, 5) is 18.7. The minimum atomic E-state index is -0.0544. The smallest absolute Gasteiger partial charge is 0.255 e. The lowest BCUT2D eigenvalue weighted by molar-refractivity contribution is 0.0914. The summed E-state index contributed by atoms with van der Waals surface area (Å²) in [7, 11) is 3.78. The van der Waals surface area contributed by atoms with Gasteiger partial charge in [-0.1, -0.05) is 6.92 Å². The number of hydrogen-bond donors (Lipinski definition) is 2. The molecule has 5 nitrogen and oxygen atoms in total. The van der Waals surface area contributed by atoms with Crippen LogP contribution in [0, 0.1) is 5.92 Å². The van der Waals surface area contributed by atoms with Crippen molar-refractivity contribution in [3.05, 3.63) is 22.3 Å². The first kappa shape index (κ1) is 15.3. The average Bonchev–Trinajstić information content (AvgIpc) is 2.40.